The summed E-state index contributed by atoms with van der Waals surface area (Å²) in [5.41, 5.74) is 3.24. The maximum Gasteiger partial charge on any atom is 0.328 e. The largest absolute Gasteiger partial charge is 0.459 e. The Morgan fingerprint density at radius 1 is 1.19 bits per heavy atom. The standard InChI is InChI=1S/C23H28N4O4/c1-14(2)10-19(23(30)31-13-17-8-6-5-7-9-17)25-21(28)11-18-15(3)24-20-12-22(29)26-27(20)16(18)4/h5-9,12,14,19H,10-11,13H2,1-4H3,(H,25,28)(H,26,29)/t19-/m0/s1. The molecule has 0 aliphatic carbocycles. The average molecular weight is 425 g/mol. The second kappa shape index (κ2) is 9.59. The predicted molar refractivity (Wildman–Crippen MR) is 117 cm³/mol. The van der Waals surface area contributed by atoms with Crippen LogP contribution >= 0.6 is 0 Å². The number of amides is 1. The first-order valence-corrected chi connectivity index (χ1v) is 10.3. The van der Waals surface area contributed by atoms with Gasteiger partial charge in [-0.3, -0.25) is 14.7 Å². The summed E-state index contributed by atoms with van der Waals surface area (Å²) < 4.78 is 7.01. The first-order valence-electron chi connectivity index (χ1n) is 10.3. The van der Waals surface area contributed by atoms with E-state index in [9.17, 15) is 14.4 Å². The molecule has 2 aromatic heterocycles. The van der Waals surface area contributed by atoms with Crippen LogP contribution in [0.5, 0.6) is 0 Å². The maximum absolute atomic E-state index is 12.8. The van der Waals surface area contributed by atoms with Crippen molar-refractivity contribution in [2.45, 2.75) is 53.2 Å². The second-order valence-electron chi connectivity index (χ2n) is 8.09. The molecule has 0 spiro atoms. The van der Waals surface area contributed by atoms with Gasteiger partial charge in [-0.1, -0.05) is 44.2 Å². The summed E-state index contributed by atoms with van der Waals surface area (Å²) in [5, 5.41) is 5.50. The Balaban J connectivity index is 1.71. The maximum atomic E-state index is 12.8. The highest BCUT2D eigenvalue weighted by Crippen LogP contribution is 2.15. The minimum Gasteiger partial charge on any atom is -0.459 e. The van der Waals surface area contributed by atoms with E-state index in [1.807, 2.05) is 51.1 Å². The van der Waals surface area contributed by atoms with Crippen LogP contribution in [0.4, 0.5) is 0 Å². The highest BCUT2D eigenvalue weighted by Gasteiger charge is 2.24. The lowest BCUT2D eigenvalue weighted by Crippen LogP contribution is -2.43. The molecule has 1 aromatic carbocycles. The number of ether oxygens (including phenoxy) is 1. The van der Waals surface area contributed by atoms with E-state index in [1.165, 1.54) is 6.07 Å². The Labute approximate surface area is 180 Å². The minimum atomic E-state index is -0.736. The fraction of sp³-hybridized carbons (Fsp3) is 0.391. The molecule has 2 N–H and O–H groups in total. The van der Waals surface area contributed by atoms with Gasteiger partial charge in [0.05, 0.1) is 6.42 Å². The predicted octanol–water partition coefficient (Wildman–Crippen LogP) is 2.46. The molecule has 0 aliphatic rings. The average Bonchev–Trinajstić information content (AvgIpc) is 3.09. The molecule has 8 heteroatoms. The van der Waals surface area contributed by atoms with Gasteiger partial charge in [0, 0.05) is 23.0 Å². The van der Waals surface area contributed by atoms with E-state index in [0.717, 1.165) is 11.3 Å². The number of aromatic nitrogens is 3. The van der Waals surface area contributed by atoms with Crippen molar-refractivity contribution in [1.29, 1.82) is 0 Å². The Bertz CT molecular complexity index is 1130. The fourth-order valence-corrected chi connectivity index (χ4v) is 3.53. The summed E-state index contributed by atoms with van der Waals surface area (Å²) in [6, 6.07) is 10.1. The van der Waals surface area contributed by atoms with E-state index in [-0.39, 0.29) is 30.4 Å². The molecule has 0 bridgehead atoms. The third kappa shape index (κ3) is 5.59. The molecule has 0 aliphatic heterocycles. The fourth-order valence-electron chi connectivity index (χ4n) is 3.53. The Kier molecular flexibility index (Phi) is 6.89. The molecule has 0 unspecified atom stereocenters. The van der Waals surface area contributed by atoms with E-state index < -0.39 is 12.0 Å². The molecule has 3 rings (SSSR count). The van der Waals surface area contributed by atoms with Crippen LogP contribution in [0, 0.1) is 19.8 Å². The number of carbonyl (C=O) groups excluding carboxylic acids is 2. The third-order valence-electron chi connectivity index (χ3n) is 5.09. The summed E-state index contributed by atoms with van der Waals surface area (Å²) in [6.07, 6.45) is 0.515. The van der Waals surface area contributed by atoms with E-state index in [2.05, 4.69) is 15.4 Å². The van der Waals surface area contributed by atoms with Crippen LogP contribution in [0.2, 0.25) is 0 Å². The number of nitrogens with one attached hydrogen (secondary N) is 2. The quantitative estimate of drug-likeness (QED) is 0.541. The zero-order valence-corrected chi connectivity index (χ0v) is 18.3. The van der Waals surface area contributed by atoms with Gasteiger partial charge in [-0.15, -0.1) is 0 Å². The monoisotopic (exact) mass is 424 g/mol. The molecule has 0 fully saturated rings. The van der Waals surface area contributed by atoms with E-state index in [4.69, 9.17) is 4.74 Å². The highest BCUT2D eigenvalue weighted by molar-refractivity contribution is 5.86. The van der Waals surface area contributed by atoms with Crippen LogP contribution in [0.25, 0.3) is 5.65 Å². The van der Waals surface area contributed by atoms with Crippen LogP contribution in [0.3, 0.4) is 0 Å². The zero-order valence-electron chi connectivity index (χ0n) is 18.3. The topological polar surface area (TPSA) is 106 Å². The summed E-state index contributed by atoms with van der Waals surface area (Å²) >= 11 is 0. The van der Waals surface area contributed by atoms with Crippen molar-refractivity contribution in [3.63, 3.8) is 0 Å². The molecule has 2 heterocycles. The molecule has 31 heavy (non-hydrogen) atoms. The van der Waals surface area contributed by atoms with E-state index >= 15 is 0 Å². The van der Waals surface area contributed by atoms with E-state index in [0.29, 0.717) is 23.3 Å². The van der Waals surface area contributed by atoms with Crippen molar-refractivity contribution in [2.24, 2.45) is 5.92 Å². The normalized spacial score (nSPS) is 12.2. The van der Waals surface area contributed by atoms with Gasteiger partial charge in [-0.2, -0.15) is 0 Å². The van der Waals surface area contributed by atoms with Crippen LogP contribution < -0.4 is 10.9 Å². The molecule has 3 aromatic rings. The number of aromatic amines is 1. The number of hydrogen-bond donors (Lipinski definition) is 2. The van der Waals surface area contributed by atoms with Crippen LogP contribution in [-0.4, -0.2) is 32.5 Å². The highest BCUT2D eigenvalue weighted by atomic mass is 16.5. The van der Waals surface area contributed by atoms with Crippen LogP contribution in [0.15, 0.2) is 41.2 Å². The minimum absolute atomic E-state index is 0.0430. The lowest BCUT2D eigenvalue weighted by Gasteiger charge is -2.20. The number of aryl methyl sites for hydroxylation is 2. The molecular formula is C23H28N4O4. The SMILES string of the molecule is Cc1nc2cc(=O)[nH]n2c(C)c1CC(=O)N[C@@H](CC(C)C)C(=O)OCc1ccccc1. The number of rotatable bonds is 8. The number of fused-ring (bicyclic) bond motifs is 1. The van der Waals surface area contributed by atoms with Gasteiger partial charge in [-0.05, 0) is 31.7 Å². The number of nitrogens with zero attached hydrogens (tertiary/aromatic N) is 2. The van der Waals surface area contributed by atoms with Crippen molar-refractivity contribution >= 4 is 17.5 Å². The molecular weight excluding hydrogens is 396 g/mol. The summed E-state index contributed by atoms with van der Waals surface area (Å²) in [5.74, 6) is -0.562. The molecule has 164 valence electrons. The Morgan fingerprint density at radius 2 is 1.90 bits per heavy atom. The molecule has 0 saturated carbocycles. The van der Waals surface area contributed by atoms with Gasteiger partial charge in [0.2, 0.25) is 5.91 Å². The smallest absolute Gasteiger partial charge is 0.328 e. The zero-order chi connectivity index (χ0) is 22.5. The third-order valence-corrected chi connectivity index (χ3v) is 5.09. The van der Waals surface area contributed by atoms with E-state index in [1.54, 1.807) is 11.4 Å². The van der Waals surface area contributed by atoms with Crippen molar-refractivity contribution in [3.05, 3.63) is 69.3 Å². The summed E-state index contributed by atoms with van der Waals surface area (Å²) in [6.45, 7) is 7.74. The van der Waals surface area contributed by atoms with Crippen molar-refractivity contribution < 1.29 is 14.3 Å². The van der Waals surface area contributed by atoms with Crippen molar-refractivity contribution in [2.75, 3.05) is 0 Å². The van der Waals surface area contributed by atoms with Gasteiger partial charge < -0.3 is 10.1 Å². The van der Waals surface area contributed by atoms with Crippen LogP contribution in [0.1, 0.15) is 42.8 Å². The lowest BCUT2D eigenvalue weighted by molar-refractivity contribution is -0.149. The molecule has 0 saturated heterocycles. The number of hydrogen-bond acceptors (Lipinski definition) is 5. The molecule has 1 atom stereocenters. The first-order chi connectivity index (χ1) is 14.7. The second-order valence-corrected chi connectivity index (χ2v) is 8.09. The van der Waals surface area contributed by atoms with Gasteiger partial charge in [0.25, 0.3) is 5.56 Å². The van der Waals surface area contributed by atoms with Crippen molar-refractivity contribution in [3.8, 4) is 0 Å². The summed E-state index contributed by atoms with van der Waals surface area (Å²) in [7, 11) is 0. The Morgan fingerprint density at radius 3 is 2.58 bits per heavy atom. The molecule has 8 nitrogen and oxygen atoms in total. The van der Waals surface area contributed by atoms with Gasteiger partial charge >= 0.3 is 5.97 Å². The number of H-pyrrole nitrogens is 1. The van der Waals surface area contributed by atoms with Crippen LogP contribution in [-0.2, 0) is 27.4 Å². The lowest BCUT2D eigenvalue weighted by atomic mass is 10.0. The Hall–Kier alpha value is -3.42. The number of esters is 1. The van der Waals surface area contributed by atoms with Gasteiger partial charge in [-0.25, -0.2) is 14.3 Å². The van der Waals surface area contributed by atoms with Gasteiger partial charge in [0.15, 0.2) is 5.65 Å². The van der Waals surface area contributed by atoms with Crippen molar-refractivity contribution in [1.82, 2.24) is 19.9 Å². The molecule has 0 radical (unpaired) electrons. The number of carbonyl (C=O) groups is 2. The number of benzene rings is 1. The van der Waals surface area contributed by atoms with Gasteiger partial charge in [0.1, 0.15) is 12.6 Å². The first kappa shape index (κ1) is 22.3. The molecule has 1 amide bonds. The summed E-state index contributed by atoms with van der Waals surface area (Å²) in [4.78, 5) is 41.5.